The molecular formula is C20H22N4O2. The highest BCUT2D eigenvalue weighted by Crippen LogP contribution is 2.27. The van der Waals surface area contributed by atoms with Crippen LogP contribution in [0.15, 0.2) is 47.4 Å². The molecular weight excluding hydrogens is 328 g/mol. The van der Waals surface area contributed by atoms with Crippen molar-refractivity contribution in [3.8, 4) is 0 Å². The standard InChI is InChI=1S/C20H22N4O2/c1-2-23-11-9-14(12-18(23)25)20(26)24-10-5-6-15(13-24)19-21-16-7-3-4-8-17(16)22-19/h3-4,7-9,11-12,15H,2,5-6,10,13H2,1H3,(H,21,22). The minimum Gasteiger partial charge on any atom is -0.342 e. The van der Waals surface area contributed by atoms with Crippen molar-refractivity contribution in [1.29, 1.82) is 0 Å². The van der Waals surface area contributed by atoms with Crippen LogP contribution in [0.5, 0.6) is 0 Å². The molecule has 4 rings (SSSR count). The van der Waals surface area contributed by atoms with Gasteiger partial charge in [0.15, 0.2) is 0 Å². The molecule has 1 amide bonds. The van der Waals surface area contributed by atoms with Crippen LogP contribution >= 0.6 is 0 Å². The van der Waals surface area contributed by atoms with E-state index >= 15 is 0 Å². The minimum atomic E-state index is -0.135. The van der Waals surface area contributed by atoms with Crippen LogP contribution in [0.3, 0.4) is 0 Å². The van der Waals surface area contributed by atoms with E-state index in [0.717, 1.165) is 29.7 Å². The molecule has 3 heterocycles. The Kier molecular flexibility index (Phi) is 4.32. The Morgan fingerprint density at radius 2 is 2.15 bits per heavy atom. The summed E-state index contributed by atoms with van der Waals surface area (Å²) in [5.41, 5.74) is 2.30. The lowest BCUT2D eigenvalue weighted by Crippen LogP contribution is -2.39. The second kappa shape index (κ2) is 6.78. The van der Waals surface area contributed by atoms with Crippen molar-refractivity contribution in [2.24, 2.45) is 0 Å². The van der Waals surface area contributed by atoms with E-state index in [1.54, 1.807) is 16.8 Å². The topological polar surface area (TPSA) is 71.0 Å². The Morgan fingerprint density at radius 1 is 1.31 bits per heavy atom. The maximum Gasteiger partial charge on any atom is 0.254 e. The fourth-order valence-corrected chi connectivity index (χ4v) is 3.64. The molecule has 1 N–H and O–H groups in total. The number of likely N-dealkylation sites (tertiary alicyclic amines) is 1. The van der Waals surface area contributed by atoms with Gasteiger partial charge in [-0.05, 0) is 38.0 Å². The van der Waals surface area contributed by atoms with Gasteiger partial charge < -0.3 is 14.5 Å². The molecule has 0 radical (unpaired) electrons. The van der Waals surface area contributed by atoms with E-state index in [0.29, 0.717) is 25.2 Å². The van der Waals surface area contributed by atoms with Crippen molar-refractivity contribution in [3.63, 3.8) is 0 Å². The number of aryl methyl sites for hydroxylation is 1. The quantitative estimate of drug-likeness (QED) is 0.789. The first-order valence-corrected chi connectivity index (χ1v) is 9.10. The number of hydrogen-bond donors (Lipinski definition) is 1. The van der Waals surface area contributed by atoms with Crippen molar-refractivity contribution in [2.45, 2.75) is 32.2 Å². The number of fused-ring (bicyclic) bond motifs is 1. The summed E-state index contributed by atoms with van der Waals surface area (Å²) in [5, 5.41) is 0. The number of carbonyl (C=O) groups is 1. The van der Waals surface area contributed by atoms with Gasteiger partial charge in [-0.1, -0.05) is 12.1 Å². The fourth-order valence-electron chi connectivity index (χ4n) is 3.64. The molecule has 0 aliphatic carbocycles. The van der Waals surface area contributed by atoms with Gasteiger partial charge in [0.1, 0.15) is 5.82 Å². The van der Waals surface area contributed by atoms with Crippen LogP contribution in [0.4, 0.5) is 0 Å². The number of pyridine rings is 1. The van der Waals surface area contributed by atoms with Gasteiger partial charge in [0.25, 0.3) is 11.5 Å². The molecule has 1 unspecified atom stereocenters. The van der Waals surface area contributed by atoms with Gasteiger partial charge in [-0.25, -0.2) is 4.98 Å². The van der Waals surface area contributed by atoms with E-state index in [1.165, 1.54) is 6.07 Å². The van der Waals surface area contributed by atoms with E-state index in [9.17, 15) is 9.59 Å². The molecule has 1 aromatic carbocycles. The lowest BCUT2D eigenvalue weighted by molar-refractivity contribution is 0.0704. The van der Waals surface area contributed by atoms with E-state index in [2.05, 4.69) is 4.98 Å². The molecule has 6 heteroatoms. The van der Waals surface area contributed by atoms with Gasteiger partial charge in [-0.2, -0.15) is 0 Å². The largest absolute Gasteiger partial charge is 0.342 e. The van der Waals surface area contributed by atoms with Crippen LogP contribution in [0.25, 0.3) is 11.0 Å². The van der Waals surface area contributed by atoms with Gasteiger partial charge in [-0.3, -0.25) is 9.59 Å². The smallest absolute Gasteiger partial charge is 0.254 e. The average molecular weight is 350 g/mol. The number of nitrogens with one attached hydrogen (secondary N) is 1. The number of para-hydroxylation sites is 2. The maximum absolute atomic E-state index is 12.8. The number of amides is 1. The number of aromatic amines is 1. The predicted octanol–water partition coefficient (Wildman–Crippen LogP) is 2.76. The number of benzene rings is 1. The minimum absolute atomic E-state index is 0.0776. The number of imidazole rings is 1. The summed E-state index contributed by atoms with van der Waals surface area (Å²) in [4.78, 5) is 34.8. The molecule has 2 aromatic heterocycles. The van der Waals surface area contributed by atoms with Crippen molar-refractivity contribution >= 4 is 16.9 Å². The highest BCUT2D eigenvalue weighted by Gasteiger charge is 2.27. The molecule has 3 aromatic rings. The molecule has 1 atom stereocenters. The summed E-state index contributed by atoms with van der Waals surface area (Å²) in [6.45, 7) is 3.85. The number of nitrogens with zero attached hydrogens (tertiary/aromatic N) is 3. The van der Waals surface area contributed by atoms with E-state index < -0.39 is 0 Å². The Morgan fingerprint density at radius 3 is 2.92 bits per heavy atom. The van der Waals surface area contributed by atoms with Crippen molar-refractivity contribution in [3.05, 3.63) is 64.3 Å². The van der Waals surface area contributed by atoms with Crippen LogP contribution in [0.2, 0.25) is 0 Å². The zero-order valence-corrected chi connectivity index (χ0v) is 14.8. The molecule has 0 saturated carbocycles. The molecule has 0 spiro atoms. The van der Waals surface area contributed by atoms with Gasteiger partial charge in [0, 0.05) is 43.4 Å². The molecule has 1 fully saturated rings. The average Bonchev–Trinajstić information content (AvgIpc) is 3.12. The second-order valence-electron chi connectivity index (χ2n) is 6.77. The molecule has 1 aliphatic heterocycles. The normalized spacial score (nSPS) is 17.6. The third-order valence-corrected chi connectivity index (χ3v) is 5.09. The van der Waals surface area contributed by atoms with Crippen LogP contribution in [0, 0.1) is 0 Å². The van der Waals surface area contributed by atoms with E-state index in [4.69, 9.17) is 4.98 Å². The summed E-state index contributed by atoms with van der Waals surface area (Å²) < 4.78 is 1.59. The number of hydrogen-bond acceptors (Lipinski definition) is 3. The molecule has 1 aliphatic rings. The summed E-state index contributed by atoms with van der Waals surface area (Å²) >= 11 is 0. The summed E-state index contributed by atoms with van der Waals surface area (Å²) in [6.07, 6.45) is 3.62. The number of H-pyrrole nitrogens is 1. The van der Waals surface area contributed by atoms with E-state index in [1.807, 2.05) is 36.1 Å². The number of piperidine rings is 1. The number of carbonyl (C=O) groups excluding carboxylic acids is 1. The second-order valence-corrected chi connectivity index (χ2v) is 6.77. The maximum atomic E-state index is 12.8. The van der Waals surface area contributed by atoms with Gasteiger partial charge in [-0.15, -0.1) is 0 Å². The first-order chi connectivity index (χ1) is 12.7. The zero-order chi connectivity index (χ0) is 18.1. The van der Waals surface area contributed by atoms with Gasteiger partial charge >= 0.3 is 0 Å². The Balaban J connectivity index is 1.55. The highest BCUT2D eigenvalue weighted by molar-refractivity contribution is 5.94. The Labute approximate surface area is 151 Å². The number of rotatable bonds is 3. The highest BCUT2D eigenvalue weighted by atomic mass is 16.2. The Bertz CT molecular complexity index is 971. The van der Waals surface area contributed by atoms with Crippen molar-refractivity contribution < 1.29 is 4.79 Å². The molecule has 6 nitrogen and oxygen atoms in total. The van der Waals surface area contributed by atoms with Crippen LogP contribution in [-0.4, -0.2) is 38.4 Å². The SMILES string of the molecule is CCn1ccc(C(=O)N2CCCC(c3nc4ccccc4[nH]3)C2)cc1=O. The summed E-state index contributed by atoms with van der Waals surface area (Å²) in [7, 11) is 0. The molecule has 134 valence electrons. The van der Waals surface area contributed by atoms with E-state index in [-0.39, 0.29) is 17.4 Å². The predicted molar refractivity (Wildman–Crippen MR) is 100 cm³/mol. The van der Waals surface area contributed by atoms with Crippen molar-refractivity contribution in [1.82, 2.24) is 19.4 Å². The van der Waals surface area contributed by atoms with Gasteiger partial charge in [0.05, 0.1) is 11.0 Å². The monoisotopic (exact) mass is 350 g/mol. The Hall–Kier alpha value is -2.89. The summed E-state index contributed by atoms with van der Waals surface area (Å²) in [5.74, 6) is 1.05. The fraction of sp³-hybridized carbons (Fsp3) is 0.350. The van der Waals surface area contributed by atoms with Crippen LogP contribution < -0.4 is 5.56 Å². The first kappa shape index (κ1) is 16.6. The number of aromatic nitrogens is 3. The van der Waals surface area contributed by atoms with Crippen LogP contribution in [-0.2, 0) is 6.54 Å². The third-order valence-electron chi connectivity index (χ3n) is 5.09. The zero-order valence-electron chi connectivity index (χ0n) is 14.8. The molecule has 1 saturated heterocycles. The lowest BCUT2D eigenvalue weighted by atomic mass is 9.97. The summed E-state index contributed by atoms with van der Waals surface area (Å²) in [6, 6.07) is 11.1. The first-order valence-electron chi connectivity index (χ1n) is 9.10. The van der Waals surface area contributed by atoms with Gasteiger partial charge in [0.2, 0.25) is 0 Å². The molecule has 26 heavy (non-hydrogen) atoms. The lowest BCUT2D eigenvalue weighted by Gasteiger charge is -2.32. The van der Waals surface area contributed by atoms with Crippen molar-refractivity contribution in [2.75, 3.05) is 13.1 Å². The third kappa shape index (κ3) is 3.03. The van der Waals surface area contributed by atoms with Crippen LogP contribution in [0.1, 0.15) is 41.9 Å². The molecule has 0 bridgehead atoms.